The summed E-state index contributed by atoms with van der Waals surface area (Å²) in [4.78, 5) is 4.50. The van der Waals surface area contributed by atoms with Crippen LogP contribution in [0.1, 0.15) is 36.7 Å². The van der Waals surface area contributed by atoms with Gasteiger partial charge in [0, 0.05) is 36.8 Å². The smallest absolute Gasteiger partial charge is 0.111 e. The van der Waals surface area contributed by atoms with Gasteiger partial charge in [0.15, 0.2) is 0 Å². The second-order valence-electron chi connectivity index (χ2n) is 4.29. The van der Waals surface area contributed by atoms with E-state index in [4.69, 9.17) is 5.73 Å². The summed E-state index contributed by atoms with van der Waals surface area (Å²) >= 11 is 0. The van der Waals surface area contributed by atoms with E-state index in [0.717, 1.165) is 25.3 Å². The summed E-state index contributed by atoms with van der Waals surface area (Å²) in [5.41, 5.74) is 7.26. The maximum atomic E-state index is 5.91. The fraction of sp³-hybridized carbons (Fsp3) is 0.700. The molecule has 1 saturated carbocycles. The molecule has 3 nitrogen and oxygen atoms in total. The normalized spacial score (nSPS) is 25.4. The van der Waals surface area contributed by atoms with Gasteiger partial charge in [-0.15, -0.1) is 12.4 Å². The van der Waals surface area contributed by atoms with Gasteiger partial charge in [-0.25, -0.2) is 4.98 Å². The Morgan fingerprint density at radius 2 is 2.14 bits per heavy atom. The Morgan fingerprint density at radius 3 is 2.86 bits per heavy atom. The molecule has 0 saturated heterocycles. The summed E-state index contributed by atoms with van der Waals surface area (Å²) in [5.74, 6) is 2.09. The van der Waals surface area contributed by atoms with Gasteiger partial charge in [0.1, 0.15) is 5.82 Å². The van der Waals surface area contributed by atoms with Crippen LogP contribution in [0, 0.1) is 0 Å². The Morgan fingerprint density at radius 1 is 1.36 bits per heavy atom. The zero-order valence-corrected chi connectivity index (χ0v) is 8.96. The van der Waals surface area contributed by atoms with E-state index in [2.05, 4.69) is 9.55 Å². The molecule has 1 aromatic heterocycles. The van der Waals surface area contributed by atoms with Crippen LogP contribution in [-0.4, -0.2) is 15.6 Å². The predicted octanol–water partition coefficient (Wildman–Crippen LogP) is 1.46. The minimum Gasteiger partial charge on any atom is -0.332 e. The van der Waals surface area contributed by atoms with Gasteiger partial charge in [-0.2, -0.15) is 0 Å². The number of aromatic nitrogens is 2. The molecule has 1 aromatic rings. The molecule has 2 heterocycles. The highest BCUT2D eigenvalue weighted by atomic mass is 35.5. The maximum Gasteiger partial charge on any atom is 0.111 e. The first-order valence-corrected chi connectivity index (χ1v) is 5.14. The fourth-order valence-corrected chi connectivity index (χ4v) is 2.18. The number of nitrogens with two attached hydrogens (primary N) is 1. The molecule has 2 aliphatic rings. The number of hydrogen-bond acceptors (Lipinski definition) is 2. The first-order chi connectivity index (χ1) is 6.34. The molecule has 2 N–H and O–H groups in total. The lowest BCUT2D eigenvalue weighted by Crippen LogP contribution is -2.30. The summed E-state index contributed by atoms with van der Waals surface area (Å²) in [7, 11) is 0. The third-order valence-corrected chi connectivity index (χ3v) is 3.11. The molecule has 1 aliphatic carbocycles. The Labute approximate surface area is 90.1 Å². The van der Waals surface area contributed by atoms with Crippen LogP contribution in [0.4, 0.5) is 0 Å². The molecule has 0 amide bonds. The highest BCUT2D eigenvalue weighted by Gasteiger charge is 2.30. The topological polar surface area (TPSA) is 43.8 Å². The van der Waals surface area contributed by atoms with Crippen LogP contribution in [0.2, 0.25) is 0 Å². The van der Waals surface area contributed by atoms with Gasteiger partial charge >= 0.3 is 0 Å². The molecule has 1 unspecified atom stereocenters. The van der Waals surface area contributed by atoms with Crippen molar-refractivity contribution in [2.45, 2.75) is 44.2 Å². The van der Waals surface area contributed by atoms with Crippen molar-refractivity contribution < 1.29 is 0 Å². The number of imidazole rings is 1. The van der Waals surface area contributed by atoms with Gasteiger partial charge in [0.25, 0.3) is 0 Å². The standard InChI is InChI=1S/C10H15N3.ClH/c11-8-3-4-13-9(5-8)6-12-10(13)7-1-2-7;/h6-8H,1-5,11H2;1H. The molecule has 14 heavy (non-hydrogen) atoms. The first-order valence-electron chi connectivity index (χ1n) is 5.14. The van der Waals surface area contributed by atoms with Crippen molar-refractivity contribution in [3.8, 4) is 0 Å². The van der Waals surface area contributed by atoms with E-state index in [9.17, 15) is 0 Å². The lowest BCUT2D eigenvalue weighted by atomic mass is 10.1. The Hall–Kier alpha value is -0.540. The molecule has 0 spiro atoms. The third kappa shape index (κ3) is 1.55. The van der Waals surface area contributed by atoms with E-state index in [1.165, 1.54) is 24.4 Å². The zero-order chi connectivity index (χ0) is 8.84. The van der Waals surface area contributed by atoms with Crippen molar-refractivity contribution in [3.63, 3.8) is 0 Å². The first kappa shape index (κ1) is 9.99. The van der Waals surface area contributed by atoms with Gasteiger partial charge in [-0.1, -0.05) is 0 Å². The van der Waals surface area contributed by atoms with Crippen LogP contribution in [0.5, 0.6) is 0 Å². The van der Waals surface area contributed by atoms with Gasteiger partial charge in [0.05, 0.1) is 0 Å². The summed E-state index contributed by atoms with van der Waals surface area (Å²) < 4.78 is 2.39. The molecule has 1 fully saturated rings. The highest BCUT2D eigenvalue weighted by Crippen LogP contribution is 2.40. The molecule has 0 aromatic carbocycles. The molecule has 0 radical (unpaired) electrons. The number of nitrogens with zero attached hydrogens (tertiary/aromatic N) is 2. The van der Waals surface area contributed by atoms with Gasteiger partial charge < -0.3 is 10.3 Å². The average Bonchev–Trinajstić information content (AvgIpc) is 2.87. The average molecular weight is 214 g/mol. The zero-order valence-electron chi connectivity index (χ0n) is 8.15. The second-order valence-corrected chi connectivity index (χ2v) is 4.29. The molecular weight excluding hydrogens is 198 g/mol. The summed E-state index contributed by atoms with van der Waals surface area (Å²) in [6.07, 6.45) is 6.82. The van der Waals surface area contributed by atoms with E-state index < -0.39 is 0 Å². The minimum atomic E-state index is 0. The molecule has 1 atom stereocenters. The van der Waals surface area contributed by atoms with Gasteiger partial charge in [-0.05, 0) is 19.3 Å². The number of rotatable bonds is 1. The molecule has 3 rings (SSSR count). The number of fused-ring (bicyclic) bond motifs is 1. The van der Waals surface area contributed by atoms with Crippen molar-refractivity contribution in [3.05, 3.63) is 17.7 Å². The van der Waals surface area contributed by atoms with Crippen LogP contribution < -0.4 is 5.73 Å². The number of hydrogen-bond donors (Lipinski definition) is 1. The lowest BCUT2D eigenvalue weighted by molar-refractivity contribution is 0.460. The van der Waals surface area contributed by atoms with Crippen LogP contribution in [-0.2, 0) is 13.0 Å². The summed E-state index contributed by atoms with van der Waals surface area (Å²) in [6.45, 7) is 1.09. The monoisotopic (exact) mass is 213 g/mol. The summed E-state index contributed by atoms with van der Waals surface area (Å²) in [6, 6.07) is 0.358. The van der Waals surface area contributed by atoms with Gasteiger partial charge in [-0.3, -0.25) is 0 Å². The van der Waals surface area contributed by atoms with Crippen LogP contribution in [0.25, 0.3) is 0 Å². The fourth-order valence-electron chi connectivity index (χ4n) is 2.18. The van der Waals surface area contributed by atoms with E-state index in [0.29, 0.717) is 6.04 Å². The molecular formula is C10H16ClN3. The predicted molar refractivity (Wildman–Crippen MR) is 57.7 cm³/mol. The van der Waals surface area contributed by atoms with E-state index in [1.54, 1.807) is 0 Å². The third-order valence-electron chi connectivity index (χ3n) is 3.11. The van der Waals surface area contributed by atoms with Crippen molar-refractivity contribution >= 4 is 12.4 Å². The second kappa shape index (κ2) is 3.55. The Bertz CT molecular complexity index is 330. The molecule has 1 aliphatic heterocycles. The van der Waals surface area contributed by atoms with E-state index in [-0.39, 0.29) is 12.4 Å². The molecule has 78 valence electrons. The van der Waals surface area contributed by atoms with Crippen molar-refractivity contribution in [1.82, 2.24) is 9.55 Å². The molecule has 0 bridgehead atoms. The summed E-state index contributed by atoms with van der Waals surface area (Å²) in [5, 5.41) is 0. The van der Waals surface area contributed by atoms with Crippen LogP contribution >= 0.6 is 12.4 Å². The van der Waals surface area contributed by atoms with E-state index in [1.807, 2.05) is 6.20 Å². The van der Waals surface area contributed by atoms with Crippen LogP contribution in [0.3, 0.4) is 0 Å². The lowest BCUT2D eigenvalue weighted by Gasteiger charge is -2.21. The Kier molecular flexibility index (Phi) is 2.54. The minimum absolute atomic E-state index is 0. The highest BCUT2D eigenvalue weighted by molar-refractivity contribution is 5.85. The van der Waals surface area contributed by atoms with Crippen molar-refractivity contribution in [1.29, 1.82) is 0 Å². The maximum absolute atomic E-state index is 5.91. The number of halogens is 1. The Balaban J connectivity index is 0.000000750. The SMILES string of the molecule is Cl.NC1CCn2c(cnc2C2CC2)C1. The van der Waals surface area contributed by atoms with Crippen molar-refractivity contribution in [2.75, 3.05) is 0 Å². The van der Waals surface area contributed by atoms with Crippen LogP contribution in [0.15, 0.2) is 6.20 Å². The van der Waals surface area contributed by atoms with Crippen molar-refractivity contribution in [2.24, 2.45) is 5.73 Å². The van der Waals surface area contributed by atoms with E-state index >= 15 is 0 Å². The molecule has 4 heteroatoms. The van der Waals surface area contributed by atoms with Gasteiger partial charge in [0.2, 0.25) is 0 Å². The quantitative estimate of drug-likeness (QED) is 0.768. The largest absolute Gasteiger partial charge is 0.332 e.